The third-order valence-electron chi connectivity index (χ3n) is 5.40. The molecule has 2 aliphatic carbocycles. The van der Waals surface area contributed by atoms with Crippen molar-refractivity contribution < 1.29 is 5.11 Å². The maximum Gasteiger partial charge on any atom is 0.0613 e. The predicted molar refractivity (Wildman–Crippen MR) is 72.1 cm³/mol. The molecule has 0 aliphatic heterocycles. The molecule has 2 saturated carbocycles. The van der Waals surface area contributed by atoms with Gasteiger partial charge in [-0.2, -0.15) is 0 Å². The number of aliphatic hydroxyl groups is 1. The fraction of sp³-hybridized carbons (Fsp3) is 1.00. The summed E-state index contributed by atoms with van der Waals surface area (Å²) in [6.07, 6.45) is 11.9. The van der Waals surface area contributed by atoms with Crippen LogP contribution in [0.2, 0.25) is 0 Å². The lowest BCUT2D eigenvalue weighted by molar-refractivity contribution is 0.0555. The van der Waals surface area contributed by atoms with Gasteiger partial charge in [-0.15, -0.1) is 0 Å². The monoisotopic (exact) mass is 239 g/mol. The Hall–Kier alpha value is -0.0800. The van der Waals surface area contributed by atoms with Crippen LogP contribution < -0.4 is 5.32 Å². The minimum absolute atomic E-state index is 0.0310. The lowest BCUT2D eigenvalue weighted by atomic mass is 9.66. The average Bonchev–Trinajstić information content (AvgIpc) is 2.81. The molecule has 2 heteroatoms. The zero-order valence-corrected chi connectivity index (χ0v) is 11.6. The summed E-state index contributed by atoms with van der Waals surface area (Å²) in [7, 11) is 0. The van der Waals surface area contributed by atoms with Crippen molar-refractivity contribution in [1.29, 1.82) is 0 Å². The zero-order valence-electron chi connectivity index (χ0n) is 11.6. The molecule has 0 amide bonds. The first kappa shape index (κ1) is 13.4. The highest BCUT2D eigenvalue weighted by molar-refractivity contribution is 4.99. The van der Waals surface area contributed by atoms with Gasteiger partial charge in [0.15, 0.2) is 0 Å². The molecule has 2 N–H and O–H groups in total. The van der Waals surface area contributed by atoms with E-state index < -0.39 is 0 Å². The average molecular weight is 239 g/mol. The Morgan fingerprint density at radius 2 is 1.65 bits per heavy atom. The van der Waals surface area contributed by atoms with E-state index in [4.69, 9.17) is 0 Å². The molecular formula is C15H29NO. The first-order valence-electron chi connectivity index (χ1n) is 7.52. The summed E-state index contributed by atoms with van der Waals surface area (Å²) in [5, 5.41) is 13.4. The molecule has 2 fully saturated rings. The maximum atomic E-state index is 9.75. The second kappa shape index (κ2) is 5.27. The van der Waals surface area contributed by atoms with E-state index in [-0.39, 0.29) is 5.54 Å². The Morgan fingerprint density at radius 1 is 1.06 bits per heavy atom. The van der Waals surface area contributed by atoms with E-state index in [0.717, 1.165) is 6.42 Å². The summed E-state index contributed by atoms with van der Waals surface area (Å²) in [4.78, 5) is 0. The van der Waals surface area contributed by atoms with Crippen LogP contribution in [0.1, 0.15) is 71.6 Å². The van der Waals surface area contributed by atoms with Crippen LogP contribution in [0.5, 0.6) is 0 Å². The lowest BCUT2D eigenvalue weighted by Gasteiger charge is -2.46. The van der Waals surface area contributed by atoms with Crippen molar-refractivity contribution in [2.75, 3.05) is 6.61 Å². The number of hydrogen-bond donors (Lipinski definition) is 2. The van der Waals surface area contributed by atoms with Crippen molar-refractivity contribution in [3.05, 3.63) is 0 Å². The van der Waals surface area contributed by atoms with Crippen LogP contribution in [0, 0.1) is 5.41 Å². The molecular weight excluding hydrogens is 210 g/mol. The van der Waals surface area contributed by atoms with Crippen molar-refractivity contribution in [2.45, 2.75) is 83.2 Å². The molecule has 1 spiro atoms. The van der Waals surface area contributed by atoms with Gasteiger partial charge in [0.25, 0.3) is 0 Å². The van der Waals surface area contributed by atoms with Crippen LogP contribution in [0.4, 0.5) is 0 Å². The minimum atomic E-state index is 0.0310. The number of rotatable bonds is 4. The van der Waals surface area contributed by atoms with Crippen molar-refractivity contribution in [2.24, 2.45) is 5.41 Å². The van der Waals surface area contributed by atoms with Crippen LogP contribution in [0.15, 0.2) is 0 Å². The second-order valence-corrected chi connectivity index (χ2v) is 6.60. The van der Waals surface area contributed by atoms with Crippen LogP contribution in [0.25, 0.3) is 0 Å². The summed E-state index contributed by atoms with van der Waals surface area (Å²) in [6.45, 7) is 4.76. The summed E-state index contributed by atoms with van der Waals surface area (Å²) in [5.74, 6) is 0. The number of aliphatic hydroxyl groups excluding tert-OH is 1. The standard InChI is InChI=1S/C15H29NO/c1-3-13(2)16-15(12-17)10-8-14(9-11-15)6-4-5-7-14/h13,16-17H,3-12H2,1-2H3. The normalized spacial score (nSPS) is 28.4. The predicted octanol–water partition coefficient (Wildman–Crippen LogP) is 3.24. The molecule has 0 radical (unpaired) electrons. The molecule has 17 heavy (non-hydrogen) atoms. The summed E-state index contributed by atoms with van der Waals surface area (Å²) in [6, 6.07) is 0.528. The Balaban J connectivity index is 1.94. The number of hydrogen-bond acceptors (Lipinski definition) is 2. The molecule has 1 unspecified atom stereocenters. The molecule has 100 valence electrons. The van der Waals surface area contributed by atoms with Crippen molar-refractivity contribution in [1.82, 2.24) is 5.32 Å². The van der Waals surface area contributed by atoms with Gasteiger partial charge in [0.05, 0.1) is 6.61 Å². The first-order chi connectivity index (χ1) is 8.14. The van der Waals surface area contributed by atoms with Gasteiger partial charge in [0.1, 0.15) is 0 Å². The maximum absolute atomic E-state index is 9.75. The molecule has 0 bridgehead atoms. The quantitative estimate of drug-likeness (QED) is 0.789. The zero-order chi connectivity index (χ0) is 12.4. The Bertz CT molecular complexity index is 235. The Morgan fingerprint density at radius 3 is 2.12 bits per heavy atom. The van der Waals surface area contributed by atoms with Crippen molar-refractivity contribution in [3.63, 3.8) is 0 Å². The lowest BCUT2D eigenvalue weighted by Crippen LogP contribution is -2.55. The molecule has 0 aromatic heterocycles. The molecule has 0 aromatic carbocycles. The first-order valence-corrected chi connectivity index (χ1v) is 7.52. The summed E-state index contributed by atoms with van der Waals surface area (Å²) < 4.78 is 0. The van der Waals surface area contributed by atoms with Gasteiger partial charge in [0.2, 0.25) is 0 Å². The van der Waals surface area contributed by atoms with Crippen LogP contribution >= 0.6 is 0 Å². The van der Waals surface area contributed by atoms with E-state index in [2.05, 4.69) is 19.2 Å². The van der Waals surface area contributed by atoms with Crippen molar-refractivity contribution in [3.8, 4) is 0 Å². The van der Waals surface area contributed by atoms with Gasteiger partial charge < -0.3 is 10.4 Å². The SMILES string of the molecule is CCC(C)NC1(CO)CCC2(CCCC2)CC1. The van der Waals surface area contributed by atoms with E-state index in [1.54, 1.807) is 0 Å². The number of nitrogens with one attached hydrogen (secondary N) is 1. The Kier molecular flexibility index (Phi) is 4.14. The van der Waals surface area contributed by atoms with Crippen LogP contribution in [0.3, 0.4) is 0 Å². The van der Waals surface area contributed by atoms with Crippen LogP contribution in [-0.4, -0.2) is 23.3 Å². The third-order valence-corrected chi connectivity index (χ3v) is 5.40. The minimum Gasteiger partial charge on any atom is -0.394 e. The van der Waals surface area contributed by atoms with Gasteiger partial charge in [-0.1, -0.05) is 19.8 Å². The molecule has 0 heterocycles. The largest absolute Gasteiger partial charge is 0.394 e. The third kappa shape index (κ3) is 2.85. The molecule has 1 atom stereocenters. The van der Waals surface area contributed by atoms with Gasteiger partial charge in [-0.05, 0) is 57.3 Å². The fourth-order valence-corrected chi connectivity index (χ4v) is 3.86. The molecule has 2 rings (SSSR count). The smallest absolute Gasteiger partial charge is 0.0613 e. The molecule has 0 aromatic rings. The summed E-state index contributed by atoms with van der Waals surface area (Å²) in [5.41, 5.74) is 0.694. The van der Waals surface area contributed by atoms with E-state index in [1.807, 2.05) is 0 Å². The molecule has 0 saturated heterocycles. The highest BCUT2D eigenvalue weighted by Crippen LogP contribution is 2.51. The molecule has 2 aliphatic rings. The van der Waals surface area contributed by atoms with Gasteiger partial charge in [0, 0.05) is 11.6 Å². The Labute approximate surface area is 106 Å². The van der Waals surface area contributed by atoms with Gasteiger partial charge >= 0.3 is 0 Å². The molecule has 2 nitrogen and oxygen atoms in total. The fourth-order valence-electron chi connectivity index (χ4n) is 3.86. The highest BCUT2D eigenvalue weighted by atomic mass is 16.3. The van der Waals surface area contributed by atoms with Crippen LogP contribution in [-0.2, 0) is 0 Å². The van der Waals surface area contributed by atoms with Crippen molar-refractivity contribution >= 4 is 0 Å². The van der Waals surface area contributed by atoms with E-state index in [9.17, 15) is 5.11 Å². The van der Waals surface area contributed by atoms with E-state index >= 15 is 0 Å². The van der Waals surface area contributed by atoms with E-state index in [1.165, 1.54) is 51.4 Å². The van der Waals surface area contributed by atoms with E-state index in [0.29, 0.717) is 18.1 Å². The summed E-state index contributed by atoms with van der Waals surface area (Å²) >= 11 is 0. The highest BCUT2D eigenvalue weighted by Gasteiger charge is 2.43. The van der Waals surface area contributed by atoms with Gasteiger partial charge in [-0.25, -0.2) is 0 Å². The second-order valence-electron chi connectivity index (χ2n) is 6.60. The topological polar surface area (TPSA) is 32.3 Å². The van der Waals surface area contributed by atoms with Gasteiger partial charge in [-0.3, -0.25) is 0 Å².